The molecular weight excluding hydrogens is 242 g/mol. The molecule has 1 amide bonds. The fourth-order valence-corrected chi connectivity index (χ4v) is 3.83. The first-order valence-electron chi connectivity index (χ1n) is 7.40. The third-order valence-electron chi connectivity index (χ3n) is 4.41. The maximum Gasteiger partial charge on any atom is 0.411 e. The van der Waals surface area contributed by atoms with E-state index in [9.17, 15) is 9.90 Å². The summed E-state index contributed by atoms with van der Waals surface area (Å²) >= 11 is 0. The van der Waals surface area contributed by atoms with E-state index >= 15 is 0 Å². The number of carbonyl (C=O) groups excluding carboxylic acids is 1. The number of hydrogen-bond acceptors (Lipinski definition) is 3. The Kier molecular flexibility index (Phi) is 3.58. The predicted molar refractivity (Wildman–Crippen MR) is 73.9 cm³/mol. The monoisotopic (exact) mass is 269 g/mol. The van der Waals surface area contributed by atoms with Gasteiger partial charge in [-0.2, -0.15) is 0 Å². The summed E-state index contributed by atoms with van der Waals surface area (Å²) in [6.45, 7) is 9.82. The number of hydrogen-bond donors (Lipinski definition) is 1. The van der Waals surface area contributed by atoms with Crippen LogP contribution >= 0.6 is 0 Å². The number of ether oxygens (including phenoxy) is 1. The zero-order valence-electron chi connectivity index (χ0n) is 12.8. The lowest BCUT2D eigenvalue weighted by Gasteiger charge is -2.64. The van der Waals surface area contributed by atoms with Crippen LogP contribution in [-0.4, -0.2) is 39.4 Å². The van der Waals surface area contributed by atoms with Crippen molar-refractivity contribution >= 4 is 6.09 Å². The number of amides is 1. The van der Waals surface area contributed by atoms with Crippen LogP contribution in [0, 0.1) is 5.92 Å². The average Bonchev–Trinajstić information content (AvgIpc) is 2.23. The van der Waals surface area contributed by atoms with Crippen LogP contribution in [0.3, 0.4) is 0 Å². The molecule has 3 rings (SSSR count). The highest BCUT2D eigenvalue weighted by Crippen LogP contribution is 2.52. The van der Waals surface area contributed by atoms with Crippen molar-refractivity contribution in [1.82, 2.24) is 4.90 Å². The number of rotatable bonds is 2. The van der Waals surface area contributed by atoms with Crippen molar-refractivity contribution in [3.05, 3.63) is 0 Å². The van der Waals surface area contributed by atoms with Crippen molar-refractivity contribution in [3.8, 4) is 0 Å². The molecule has 2 heterocycles. The first kappa shape index (κ1) is 14.6. The molecule has 1 saturated carbocycles. The van der Waals surface area contributed by atoms with Gasteiger partial charge < -0.3 is 9.84 Å². The molecule has 1 aliphatic carbocycles. The molecular formula is C15H27NO3. The van der Waals surface area contributed by atoms with Crippen LogP contribution < -0.4 is 0 Å². The lowest BCUT2D eigenvalue weighted by atomic mass is 9.61. The Labute approximate surface area is 116 Å². The smallest absolute Gasteiger partial charge is 0.411 e. The van der Waals surface area contributed by atoms with E-state index in [1.165, 1.54) is 0 Å². The molecule has 3 aliphatic rings. The van der Waals surface area contributed by atoms with Crippen LogP contribution in [0.25, 0.3) is 0 Å². The molecule has 4 atom stereocenters. The maximum absolute atomic E-state index is 12.4. The van der Waals surface area contributed by atoms with Crippen LogP contribution in [0.2, 0.25) is 0 Å². The number of aliphatic hydroxyl groups is 1. The SMILES string of the molecule is CCC(O)C12CC(C[C@@H](C)C1)N2C(=O)OC(C)(C)C. The first-order chi connectivity index (χ1) is 8.69. The van der Waals surface area contributed by atoms with Crippen molar-refractivity contribution in [1.29, 1.82) is 0 Å². The van der Waals surface area contributed by atoms with Gasteiger partial charge in [-0.1, -0.05) is 13.8 Å². The average molecular weight is 269 g/mol. The van der Waals surface area contributed by atoms with Crippen LogP contribution in [-0.2, 0) is 4.74 Å². The van der Waals surface area contributed by atoms with E-state index in [0.717, 1.165) is 19.3 Å². The first-order valence-corrected chi connectivity index (χ1v) is 7.40. The summed E-state index contributed by atoms with van der Waals surface area (Å²) in [4.78, 5) is 14.2. The van der Waals surface area contributed by atoms with E-state index in [1.54, 1.807) is 0 Å². The third kappa shape index (κ3) is 2.47. The second-order valence-corrected chi connectivity index (χ2v) is 7.28. The van der Waals surface area contributed by atoms with E-state index in [2.05, 4.69) is 6.92 Å². The Morgan fingerprint density at radius 1 is 1.47 bits per heavy atom. The van der Waals surface area contributed by atoms with Gasteiger partial charge in [0.25, 0.3) is 0 Å². The summed E-state index contributed by atoms with van der Waals surface area (Å²) in [7, 11) is 0. The zero-order chi connectivity index (χ0) is 14.4. The van der Waals surface area contributed by atoms with Gasteiger partial charge in [-0.15, -0.1) is 0 Å². The van der Waals surface area contributed by atoms with E-state index in [4.69, 9.17) is 4.74 Å². The molecule has 0 aromatic rings. The number of fused-ring (bicyclic) bond motifs is 2. The standard InChI is InChI=1S/C15H27NO3/c1-6-12(17)15-8-10(2)7-11(9-15)16(15)13(18)19-14(3,4)5/h10-12,17H,6-9H2,1-5H3/t10-,11?,12?,15?/m1/s1. The minimum atomic E-state index is -0.481. The molecule has 1 N–H and O–H groups in total. The fraction of sp³-hybridized carbons (Fsp3) is 0.933. The Bertz CT molecular complexity index is 363. The van der Waals surface area contributed by atoms with E-state index in [1.807, 2.05) is 32.6 Å². The summed E-state index contributed by atoms with van der Waals surface area (Å²) in [5.41, 5.74) is -0.857. The summed E-state index contributed by atoms with van der Waals surface area (Å²) in [6, 6.07) is 0.250. The highest BCUT2D eigenvalue weighted by Gasteiger charge is 2.62. The molecule has 3 fully saturated rings. The Morgan fingerprint density at radius 2 is 2.11 bits per heavy atom. The molecule has 0 spiro atoms. The van der Waals surface area contributed by atoms with Gasteiger partial charge in [-0.05, 0) is 52.4 Å². The number of aliphatic hydroxyl groups excluding tert-OH is 1. The Balaban J connectivity index is 2.18. The van der Waals surface area contributed by atoms with Gasteiger partial charge >= 0.3 is 6.09 Å². The van der Waals surface area contributed by atoms with Crippen molar-refractivity contribution in [2.45, 2.75) is 83.6 Å². The van der Waals surface area contributed by atoms with Crippen molar-refractivity contribution in [2.75, 3.05) is 0 Å². The van der Waals surface area contributed by atoms with Gasteiger partial charge in [-0.25, -0.2) is 4.79 Å². The molecule has 4 heteroatoms. The van der Waals surface area contributed by atoms with Crippen LogP contribution in [0.5, 0.6) is 0 Å². The Morgan fingerprint density at radius 3 is 2.63 bits per heavy atom. The van der Waals surface area contributed by atoms with Gasteiger partial charge in [0.2, 0.25) is 0 Å². The molecule has 19 heavy (non-hydrogen) atoms. The molecule has 0 aromatic heterocycles. The van der Waals surface area contributed by atoms with Crippen LogP contribution in [0.15, 0.2) is 0 Å². The van der Waals surface area contributed by atoms with Gasteiger partial charge in [0.05, 0.1) is 11.6 Å². The predicted octanol–water partition coefficient (Wildman–Crippen LogP) is 2.94. The van der Waals surface area contributed by atoms with Crippen LogP contribution in [0.1, 0.15) is 60.3 Å². The van der Waals surface area contributed by atoms with Crippen molar-refractivity contribution in [2.24, 2.45) is 5.92 Å². The zero-order valence-corrected chi connectivity index (χ0v) is 12.8. The molecule has 2 saturated heterocycles. The van der Waals surface area contributed by atoms with Gasteiger partial charge in [0, 0.05) is 6.04 Å². The van der Waals surface area contributed by atoms with Gasteiger partial charge in [-0.3, -0.25) is 4.90 Å². The lowest BCUT2D eigenvalue weighted by molar-refractivity contribution is -0.172. The Hall–Kier alpha value is -0.770. The molecule has 2 bridgehead atoms. The summed E-state index contributed by atoms with van der Waals surface area (Å²) in [5, 5.41) is 10.4. The molecule has 2 aliphatic heterocycles. The molecule has 3 unspecified atom stereocenters. The van der Waals surface area contributed by atoms with Gasteiger partial charge in [0.1, 0.15) is 5.60 Å². The normalized spacial score (nSPS) is 35.6. The van der Waals surface area contributed by atoms with E-state index in [-0.39, 0.29) is 17.7 Å². The quantitative estimate of drug-likeness (QED) is 0.838. The largest absolute Gasteiger partial charge is 0.444 e. The molecule has 4 nitrogen and oxygen atoms in total. The number of piperidine rings is 1. The minimum absolute atomic E-state index is 0.250. The molecule has 0 radical (unpaired) electrons. The maximum atomic E-state index is 12.4. The summed E-state index contributed by atoms with van der Waals surface area (Å²) in [6.07, 6.45) is 2.81. The second-order valence-electron chi connectivity index (χ2n) is 7.28. The number of nitrogens with zero attached hydrogens (tertiary/aromatic N) is 1. The fourth-order valence-electron chi connectivity index (χ4n) is 3.83. The topological polar surface area (TPSA) is 49.8 Å². The van der Waals surface area contributed by atoms with E-state index < -0.39 is 11.7 Å². The molecule has 0 aromatic carbocycles. The third-order valence-corrected chi connectivity index (χ3v) is 4.41. The molecule has 110 valence electrons. The number of carbonyl (C=O) groups is 1. The van der Waals surface area contributed by atoms with Crippen LogP contribution in [0.4, 0.5) is 4.79 Å². The lowest BCUT2D eigenvalue weighted by Crippen LogP contribution is -2.76. The highest BCUT2D eigenvalue weighted by molar-refractivity contribution is 5.71. The second kappa shape index (κ2) is 4.65. The summed E-state index contributed by atoms with van der Waals surface area (Å²) in [5.74, 6) is 0.568. The minimum Gasteiger partial charge on any atom is -0.444 e. The van der Waals surface area contributed by atoms with Crippen molar-refractivity contribution < 1.29 is 14.6 Å². The summed E-state index contributed by atoms with van der Waals surface area (Å²) < 4.78 is 5.51. The highest BCUT2D eigenvalue weighted by atomic mass is 16.6. The van der Waals surface area contributed by atoms with E-state index in [0.29, 0.717) is 12.3 Å². The van der Waals surface area contributed by atoms with Gasteiger partial charge in [0.15, 0.2) is 0 Å². The van der Waals surface area contributed by atoms with Crippen molar-refractivity contribution in [3.63, 3.8) is 0 Å².